The molecule has 0 heterocycles. The zero-order valence-corrected chi connectivity index (χ0v) is 9.47. The van der Waals surface area contributed by atoms with Crippen LogP contribution in [0.5, 0.6) is 0 Å². The monoisotopic (exact) mass is 224 g/mol. The molecule has 1 rings (SSSR count). The fourth-order valence-corrected chi connectivity index (χ4v) is 0.827. The van der Waals surface area contributed by atoms with Crippen LogP contribution in [0.2, 0.25) is 0 Å². The molecule has 88 valence electrons. The van der Waals surface area contributed by atoms with Crippen LogP contribution in [-0.4, -0.2) is 23.7 Å². The number of hydrogen-bond acceptors (Lipinski definition) is 3. The van der Waals surface area contributed by atoms with Gasteiger partial charge in [0, 0.05) is 6.92 Å². The molecule has 0 amide bonds. The third-order valence-electron chi connectivity index (χ3n) is 1.53. The summed E-state index contributed by atoms with van der Waals surface area (Å²) >= 11 is 0. The molecule has 0 aromatic heterocycles. The number of rotatable bonds is 3. The predicted octanol–water partition coefficient (Wildman–Crippen LogP) is 2.34. The predicted molar refractivity (Wildman–Crippen MR) is 60.3 cm³/mol. The summed E-state index contributed by atoms with van der Waals surface area (Å²) < 4.78 is 4.55. The van der Waals surface area contributed by atoms with Gasteiger partial charge in [-0.3, -0.25) is 4.79 Å². The Morgan fingerprint density at radius 1 is 1.25 bits per heavy atom. The van der Waals surface area contributed by atoms with Crippen molar-refractivity contribution in [2.45, 2.75) is 20.3 Å². The Morgan fingerprint density at radius 2 is 1.81 bits per heavy atom. The minimum absolute atomic E-state index is 0.193. The van der Waals surface area contributed by atoms with Crippen LogP contribution < -0.4 is 0 Å². The third kappa shape index (κ3) is 7.55. The lowest BCUT2D eigenvalue weighted by molar-refractivity contribution is -0.140. The van der Waals surface area contributed by atoms with Crippen LogP contribution in [0.4, 0.5) is 0 Å². The topological polar surface area (TPSA) is 63.6 Å². The van der Waals surface area contributed by atoms with Crippen molar-refractivity contribution < 1.29 is 19.4 Å². The molecule has 4 heteroatoms. The molecule has 0 aliphatic carbocycles. The summed E-state index contributed by atoms with van der Waals surface area (Å²) in [7, 11) is 0. The highest BCUT2D eigenvalue weighted by molar-refractivity contribution is 5.87. The zero-order chi connectivity index (χ0) is 12.4. The van der Waals surface area contributed by atoms with Gasteiger partial charge in [-0.2, -0.15) is 0 Å². The van der Waals surface area contributed by atoms with E-state index in [1.165, 1.54) is 6.92 Å². The highest BCUT2D eigenvalue weighted by atomic mass is 16.5. The first-order valence-electron chi connectivity index (χ1n) is 4.99. The zero-order valence-electron chi connectivity index (χ0n) is 9.47. The molecule has 0 saturated heterocycles. The third-order valence-corrected chi connectivity index (χ3v) is 1.53. The van der Waals surface area contributed by atoms with Crippen LogP contribution in [0.1, 0.15) is 30.6 Å². The van der Waals surface area contributed by atoms with E-state index in [1.54, 1.807) is 30.3 Å². The van der Waals surface area contributed by atoms with Gasteiger partial charge in [0.1, 0.15) is 0 Å². The Bertz CT molecular complexity index is 319. The lowest BCUT2D eigenvalue weighted by Crippen LogP contribution is -1.98. The smallest absolute Gasteiger partial charge is 0.335 e. The Hall–Kier alpha value is -1.84. The molecule has 0 fully saturated rings. The molecule has 0 bridgehead atoms. The van der Waals surface area contributed by atoms with Gasteiger partial charge in [0.2, 0.25) is 0 Å². The Kier molecular flexibility index (Phi) is 7.49. The van der Waals surface area contributed by atoms with Crippen LogP contribution in [0, 0.1) is 0 Å². The molecule has 4 nitrogen and oxygen atoms in total. The first kappa shape index (κ1) is 14.2. The molecular formula is C12H16O4. The lowest BCUT2D eigenvalue weighted by Gasteiger charge is -1.93. The van der Waals surface area contributed by atoms with Crippen molar-refractivity contribution in [3.8, 4) is 0 Å². The van der Waals surface area contributed by atoms with E-state index in [9.17, 15) is 9.59 Å². The van der Waals surface area contributed by atoms with Gasteiger partial charge < -0.3 is 9.84 Å². The molecule has 0 radical (unpaired) electrons. The summed E-state index contributed by atoms with van der Waals surface area (Å²) in [6, 6.07) is 8.30. The summed E-state index contributed by atoms with van der Waals surface area (Å²) in [4.78, 5) is 20.2. The maximum Gasteiger partial charge on any atom is 0.335 e. The summed E-state index contributed by atoms with van der Waals surface area (Å²) in [6.45, 7) is 3.92. The van der Waals surface area contributed by atoms with Gasteiger partial charge in [-0.25, -0.2) is 4.79 Å². The number of carboxylic acids is 1. The summed E-state index contributed by atoms with van der Waals surface area (Å²) in [5, 5.41) is 8.38. The average Bonchev–Trinajstić information content (AvgIpc) is 2.28. The van der Waals surface area contributed by atoms with Crippen molar-refractivity contribution in [3.63, 3.8) is 0 Å². The normalized spacial score (nSPS) is 8.62. The Balaban J connectivity index is 0.000000293. The molecule has 0 aliphatic rings. The molecular weight excluding hydrogens is 208 g/mol. The summed E-state index contributed by atoms with van der Waals surface area (Å²) in [6.07, 6.45) is 0.902. The summed E-state index contributed by atoms with van der Waals surface area (Å²) in [5.41, 5.74) is 0.331. The number of ether oxygens (including phenoxy) is 1. The second-order valence-electron chi connectivity index (χ2n) is 3.01. The molecule has 1 N–H and O–H groups in total. The maximum atomic E-state index is 10.2. The van der Waals surface area contributed by atoms with E-state index >= 15 is 0 Å². The Labute approximate surface area is 94.9 Å². The van der Waals surface area contributed by atoms with Gasteiger partial charge in [-0.1, -0.05) is 25.1 Å². The average molecular weight is 224 g/mol. The first-order valence-corrected chi connectivity index (χ1v) is 4.99. The molecule has 0 unspecified atom stereocenters. The molecule has 1 aromatic carbocycles. The van der Waals surface area contributed by atoms with Gasteiger partial charge in [0.05, 0.1) is 12.2 Å². The highest BCUT2D eigenvalue weighted by Gasteiger charge is 1.96. The second-order valence-corrected chi connectivity index (χ2v) is 3.01. The van der Waals surface area contributed by atoms with Gasteiger partial charge in [0.25, 0.3) is 0 Å². The van der Waals surface area contributed by atoms with Crippen molar-refractivity contribution in [3.05, 3.63) is 35.9 Å². The minimum Gasteiger partial charge on any atom is -0.478 e. The maximum absolute atomic E-state index is 10.2. The van der Waals surface area contributed by atoms with Crippen LogP contribution in [-0.2, 0) is 9.53 Å². The highest BCUT2D eigenvalue weighted by Crippen LogP contribution is 1.96. The number of aromatic carboxylic acids is 1. The van der Waals surface area contributed by atoms with E-state index in [1.807, 2.05) is 6.92 Å². The number of benzene rings is 1. The van der Waals surface area contributed by atoms with E-state index in [2.05, 4.69) is 4.74 Å². The molecule has 0 atom stereocenters. The molecule has 16 heavy (non-hydrogen) atoms. The number of carboxylic acid groups (broad SMARTS) is 1. The number of esters is 1. The molecule has 0 spiro atoms. The van der Waals surface area contributed by atoms with E-state index < -0.39 is 5.97 Å². The standard InChI is InChI=1S/C7H6O2.C5H10O2/c8-7(9)6-4-2-1-3-5-6;1-3-4-7-5(2)6/h1-5H,(H,8,9);3-4H2,1-2H3. The van der Waals surface area contributed by atoms with Crippen LogP contribution in [0.15, 0.2) is 30.3 Å². The molecule has 0 saturated carbocycles. The SMILES string of the molecule is CCCOC(C)=O.O=C(O)c1ccccc1. The molecule has 1 aromatic rings. The van der Waals surface area contributed by atoms with E-state index in [0.717, 1.165) is 6.42 Å². The molecule has 0 aliphatic heterocycles. The minimum atomic E-state index is -0.879. The largest absolute Gasteiger partial charge is 0.478 e. The van der Waals surface area contributed by atoms with E-state index in [4.69, 9.17) is 5.11 Å². The Morgan fingerprint density at radius 3 is 2.06 bits per heavy atom. The van der Waals surface area contributed by atoms with Crippen molar-refractivity contribution in [2.75, 3.05) is 6.61 Å². The van der Waals surface area contributed by atoms with Crippen LogP contribution >= 0.6 is 0 Å². The summed E-state index contributed by atoms with van der Waals surface area (Å²) in [5.74, 6) is -1.07. The first-order chi connectivity index (χ1) is 7.57. The quantitative estimate of drug-likeness (QED) is 0.800. The fourth-order valence-electron chi connectivity index (χ4n) is 0.827. The fraction of sp³-hybridized carbons (Fsp3) is 0.333. The number of carbonyl (C=O) groups is 2. The van der Waals surface area contributed by atoms with Gasteiger partial charge in [-0.15, -0.1) is 0 Å². The number of hydrogen-bond donors (Lipinski definition) is 1. The van der Waals surface area contributed by atoms with E-state index in [-0.39, 0.29) is 5.97 Å². The van der Waals surface area contributed by atoms with Crippen molar-refractivity contribution >= 4 is 11.9 Å². The van der Waals surface area contributed by atoms with Gasteiger partial charge in [0.15, 0.2) is 0 Å². The lowest BCUT2D eigenvalue weighted by atomic mass is 10.2. The van der Waals surface area contributed by atoms with Crippen molar-refractivity contribution in [2.24, 2.45) is 0 Å². The van der Waals surface area contributed by atoms with Gasteiger partial charge >= 0.3 is 11.9 Å². The number of carbonyl (C=O) groups excluding carboxylic acids is 1. The van der Waals surface area contributed by atoms with Crippen molar-refractivity contribution in [1.82, 2.24) is 0 Å². The second kappa shape index (κ2) is 8.47. The van der Waals surface area contributed by atoms with Crippen LogP contribution in [0.3, 0.4) is 0 Å². The van der Waals surface area contributed by atoms with E-state index in [0.29, 0.717) is 12.2 Å². The van der Waals surface area contributed by atoms with Crippen LogP contribution in [0.25, 0.3) is 0 Å². The van der Waals surface area contributed by atoms with Crippen molar-refractivity contribution in [1.29, 1.82) is 0 Å². The van der Waals surface area contributed by atoms with Gasteiger partial charge in [-0.05, 0) is 18.6 Å².